The van der Waals surface area contributed by atoms with Gasteiger partial charge in [0.15, 0.2) is 5.16 Å². The fourth-order valence-corrected chi connectivity index (χ4v) is 3.95. The molecule has 0 saturated carbocycles. The highest BCUT2D eigenvalue weighted by atomic mass is 32.2. The molecule has 4 rings (SSSR count). The molecule has 32 heavy (non-hydrogen) atoms. The van der Waals surface area contributed by atoms with Crippen LogP contribution in [0.15, 0.2) is 88.8 Å². The van der Waals surface area contributed by atoms with E-state index in [2.05, 4.69) is 10.3 Å². The van der Waals surface area contributed by atoms with E-state index in [4.69, 9.17) is 4.74 Å². The number of para-hydroxylation sites is 1. The molecular weight excluding hydrogens is 426 g/mol. The maximum atomic E-state index is 13.3. The number of carbonyl (C=O) groups excluding carboxylic acids is 2. The average Bonchev–Trinajstić information content (AvgIpc) is 2.83. The molecule has 0 radical (unpaired) electrons. The van der Waals surface area contributed by atoms with E-state index in [1.165, 1.54) is 4.57 Å². The maximum absolute atomic E-state index is 13.3. The quantitative estimate of drug-likeness (QED) is 0.361. The fourth-order valence-electron chi connectivity index (χ4n) is 3.14. The van der Waals surface area contributed by atoms with Gasteiger partial charge in [-0.2, -0.15) is 0 Å². The zero-order valence-electron chi connectivity index (χ0n) is 17.1. The number of imide groups is 1. The first kappa shape index (κ1) is 21.3. The molecular formula is C24H19N3O4S. The van der Waals surface area contributed by atoms with E-state index in [0.29, 0.717) is 33.1 Å². The number of hydrogen-bond donors (Lipinski definition) is 1. The van der Waals surface area contributed by atoms with Crippen LogP contribution in [0.25, 0.3) is 16.6 Å². The van der Waals surface area contributed by atoms with Crippen LogP contribution in [0.2, 0.25) is 0 Å². The van der Waals surface area contributed by atoms with Crippen molar-refractivity contribution in [3.8, 4) is 11.4 Å². The highest BCUT2D eigenvalue weighted by Gasteiger charge is 2.16. The first-order chi connectivity index (χ1) is 15.6. The highest BCUT2D eigenvalue weighted by molar-refractivity contribution is 7.99. The summed E-state index contributed by atoms with van der Waals surface area (Å²) in [6.07, 6.45) is 0. The minimum Gasteiger partial charge on any atom is -0.497 e. The van der Waals surface area contributed by atoms with Gasteiger partial charge in [0.05, 0.1) is 29.5 Å². The van der Waals surface area contributed by atoms with Gasteiger partial charge in [0.1, 0.15) is 5.75 Å². The van der Waals surface area contributed by atoms with E-state index >= 15 is 0 Å². The van der Waals surface area contributed by atoms with Gasteiger partial charge in [-0.3, -0.25) is 24.3 Å². The van der Waals surface area contributed by atoms with Crippen LogP contribution in [-0.2, 0) is 4.79 Å². The van der Waals surface area contributed by atoms with Gasteiger partial charge >= 0.3 is 0 Å². The molecule has 2 amide bonds. The molecule has 0 spiro atoms. The van der Waals surface area contributed by atoms with Gasteiger partial charge in [-0.1, -0.05) is 48.2 Å². The summed E-state index contributed by atoms with van der Waals surface area (Å²) in [4.78, 5) is 42.5. The van der Waals surface area contributed by atoms with Crippen LogP contribution in [0.1, 0.15) is 10.4 Å². The summed E-state index contributed by atoms with van der Waals surface area (Å²) in [6.45, 7) is 0. The Balaban J connectivity index is 1.64. The molecule has 8 heteroatoms. The number of rotatable bonds is 6. The van der Waals surface area contributed by atoms with E-state index in [1.54, 1.807) is 86.0 Å². The lowest BCUT2D eigenvalue weighted by Crippen LogP contribution is -2.32. The number of amides is 2. The third kappa shape index (κ3) is 4.55. The second-order valence-corrected chi connectivity index (χ2v) is 7.73. The van der Waals surface area contributed by atoms with Crippen molar-refractivity contribution in [3.63, 3.8) is 0 Å². The summed E-state index contributed by atoms with van der Waals surface area (Å²) in [5, 5.41) is 3.16. The minimum absolute atomic E-state index is 0.0900. The second-order valence-electron chi connectivity index (χ2n) is 6.79. The molecule has 7 nitrogen and oxygen atoms in total. The molecule has 0 aliphatic carbocycles. The maximum Gasteiger partial charge on any atom is 0.266 e. The smallest absolute Gasteiger partial charge is 0.266 e. The minimum atomic E-state index is -0.483. The second kappa shape index (κ2) is 9.49. The Morgan fingerprint density at radius 1 is 1.00 bits per heavy atom. The Kier molecular flexibility index (Phi) is 6.32. The summed E-state index contributed by atoms with van der Waals surface area (Å²) in [5.74, 6) is -0.464. The van der Waals surface area contributed by atoms with Crippen molar-refractivity contribution >= 4 is 34.5 Å². The Morgan fingerprint density at radius 3 is 2.53 bits per heavy atom. The summed E-state index contributed by atoms with van der Waals surface area (Å²) in [6, 6.07) is 22.6. The lowest BCUT2D eigenvalue weighted by molar-refractivity contribution is -0.117. The van der Waals surface area contributed by atoms with Crippen LogP contribution in [0, 0.1) is 0 Å². The molecule has 160 valence electrons. The van der Waals surface area contributed by atoms with Gasteiger partial charge in [-0.05, 0) is 36.4 Å². The van der Waals surface area contributed by atoms with Crippen LogP contribution in [0.5, 0.6) is 5.75 Å². The molecule has 1 N–H and O–H groups in total. The Bertz CT molecular complexity index is 1350. The van der Waals surface area contributed by atoms with Crippen molar-refractivity contribution < 1.29 is 14.3 Å². The largest absolute Gasteiger partial charge is 0.497 e. The zero-order valence-corrected chi connectivity index (χ0v) is 18.0. The number of thioether (sulfide) groups is 1. The first-order valence-electron chi connectivity index (χ1n) is 9.75. The zero-order chi connectivity index (χ0) is 22.5. The van der Waals surface area contributed by atoms with E-state index in [1.807, 2.05) is 0 Å². The molecule has 0 fully saturated rings. The lowest BCUT2D eigenvalue weighted by atomic mass is 10.2. The van der Waals surface area contributed by atoms with Crippen molar-refractivity contribution in [3.05, 3.63) is 94.8 Å². The van der Waals surface area contributed by atoms with Gasteiger partial charge in [-0.25, -0.2) is 4.98 Å². The van der Waals surface area contributed by atoms with Gasteiger partial charge in [0.25, 0.3) is 11.5 Å². The molecule has 1 heterocycles. The Labute approximate surface area is 188 Å². The van der Waals surface area contributed by atoms with Crippen LogP contribution in [0.3, 0.4) is 0 Å². The summed E-state index contributed by atoms with van der Waals surface area (Å²) >= 11 is 1.08. The third-order valence-electron chi connectivity index (χ3n) is 4.68. The first-order valence-corrected chi connectivity index (χ1v) is 10.7. The number of fused-ring (bicyclic) bond motifs is 1. The number of benzene rings is 3. The molecule has 4 aromatic rings. The van der Waals surface area contributed by atoms with Crippen molar-refractivity contribution in [1.82, 2.24) is 14.9 Å². The van der Waals surface area contributed by atoms with Crippen molar-refractivity contribution in [1.29, 1.82) is 0 Å². The van der Waals surface area contributed by atoms with Gasteiger partial charge in [-0.15, -0.1) is 0 Å². The van der Waals surface area contributed by atoms with E-state index in [-0.39, 0.29) is 11.3 Å². The monoisotopic (exact) mass is 445 g/mol. The number of aromatic nitrogens is 2. The van der Waals surface area contributed by atoms with Crippen molar-refractivity contribution in [2.45, 2.75) is 5.16 Å². The van der Waals surface area contributed by atoms with Crippen LogP contribution in [0.4, 0.5) is 0 Å². The normalized spacial score (nSPS) is 10.7. The van der Waals surface area contributed by atoms with Crippen LogP contribution >= 0.6 is 11.8 Å². The van der Waals surface area contributed by atoms with Gasteiger partial charge < -0.3 is 4.74 Å². The van der Waals surface area contributed by atoms with Crippen molar-refractivity contribution in [2.24, 2.45) is 0 Å². The van der Waals surface area contributed by atoms with Crippen molar-refractivity contribution in [2.75, 3.05) is 12.9 Å². The molecule has 0 saturated heterocycles. The molecule has 3 aromatic carbocycles. The molecule has 1 aromatic heterocycles. The summed E-state index contributed by atoms with van der Waals surface area (Å²) < 4.78 is 6.73. The van der Waals surface area contributed by atoms with E-state index in [0.717, 1.165) is 11.8 Å². The number of nitrogens with one attached hydrogen (secondary N) is 1. The molecule has 0 aliphatic heterocycles. The lowest BCUT2D eigenvalue weighted by Gasteiger charge is -2.14. The number of nitrogens with zero attached hydrogens (tertiary/aromatic N) is 2. The Morgan fingerprint density at radius 2 is 1.75 bits per heavy atom. The standard InChI is InChI=1S/C24H19N3O4S/c1-31-18-11-7-10-17(14-18)27-23(30)19-12-5-6-13-20(19)25-24(27)32-15-21(28)26-22(29)16-8-3-2-4-9-16/h2-14H,15H2,1H3,(H,26,28,29). The number of methoxy groups -OCH3 is 1. The van der Waals surface area contributed by atoms with Gasteiger partial charge in [0.2, 0.25) is 5.91 Å². The summed E-state index contributed by atoms with van der Waals surface area (Å²) in [7, 11) is 1.55. The van der Waals surface area contributed by atoms with Crippen LogP contribution in [-0.4, -0.2) is 34.2 Å². The number of carbonyl (C=O) groups is 2. The predicted molar refractivity (Wildman–Crippen MR) is 124 cm³/mol. The fraction of sp³-hybridized carbons (Fsp3) is 0.0833. The number of hydrogen-bond acceptors (Lipinski definition) is 6. The summed E-state index contributed by atoms with van der Waals surface area (Å²) in [5.41, 5.74) is 1.23. The van der Waals surface area contributed by atoms with Crippen LogP contribution < -0.4 is 15.6 Å². The predicted octanol–water partition coefficient (Wildman–Crippen LogP) is 3.44. The molecule has 0 unspecified atom stereocenters. The van der Waals surface area contributed by atoms with E-state index < -0.39 is 11.8 Å². The Hall–Kier alpha value is -3.91. The topological polar surface area (TPSA) is 90.3 Å². The van der Waals surface area contributed by atoms with Gasteiger partial charge in [0, 0.05) is 11.6 Å². The highest BCUT2D eigenvalue weighted by Crippen LogP contribution is 2.23. The SMILES string of the molecule is COc1cccc(-n2c(SCC(=O)NC(=O)c3ccccc3)nc3ccccc3c2=O)c1. The third-order valence-corrected chi connectivity index (χ3v) is 5.62. The molecule has 0 bridgehead atoms. The molecule has 0 atom stereocenters. The molecule has 0 aliphatic rings. The van der Waals surface area contributed by atoms with E-state index in [9.17, 15) is 14.4 Å². The average molecular weight is 446 g/mol. The number of ether oxygens (including phenoxy) is 1.